The topological polar surface area (TPSA) is 69.6 Å². The number of aliphatic carboxylic acids is 1. The molecule has 19 heavy (non-hydrogen) atoms. The second kappa shape index (κ2) is 6.12. The maximum absolute atomic E-state index is 12.7. The smallest absolute Gasteiger partial charge is 0.422 e. The molecule has 0 aromatic heterocycles. The van der Waals surface area contributed by atoms with Gasteiger partial charge in [0.25, 0.3) is 0 Å². The minimum atomic E-state index is -5.08. The molecule has 2 N–H and O–H groups in total. The van der Waals surface area contributed by atoms with Crippen LogP contribution in [0.25, 0.3) is 0 Å². The molecular weight excluding hydrogens is 265 g/mol. The predicted molar refractivity (Wildman–Crippen MR) is 62.8 cm³/mol. The van der Waals surface area contributed by atoms with Crippen molar-refractivity contribution in [3.8, 4) is 0 Å². The fourth-order valence-corrected chi connectivity index (χ4v) is 1.36. The van der Waals surface area contributed by atoms with E-state index in [2.05, 4.69) is 0 Å². The number of urea groups is 1. The monoisotopic (exact) mass is 284 g/mol. The van der Waals surface area contributed by atoms with Gasteiger partial charge in [-0.1, -0.05) is 13.3 Å². The molecule has 0 rings (SSSR count). The van der Waals surface area contributed by atoms with Crippen molar-refractivity contribution in [2.24, 2.45) is 0 Å². The Labute approximate surface area is 109 Å². The van der Waals surface area contributed by atoms with Crippen molar-refractivity contribution in [2.75, 3.05) is 7.05 Å². The average molecular weight is 284 g/mol. The van der Waals surface area contributed by atoms with Gasteiger partial charge in [-0.3, -0.25) is 0 Å². The number of carboxylic acid groups (broad SMARTS) is 1. The molecule has 0 heterocycles. The van der Waals surface area contributed by atoms with E-state index in [0.29, 0.717) is 13.3 Å². The zero-order valence-electron chi connectivity index (χ0n) is 11.3. The van der Waals surface area contributed by atoms with Crippen LogP contribution in [-0.2, 0) is 4.79 Å². The number of hydrogen-bond acceptors (Lipinski definition) is 2. The average Bonchev–Trinajstić information content (AvgIpc) is 2.26. The summed E-state index contributed by atoms with van der Waals surface area (Å²) in [6.07, 6.45) is -3.71. The molecule has 5 nitrogen and oxygen atoms in total. The van der Waals surface area contributed by atoms with Crippen molar-refractivity contribution in [2.45, 2.75) is 51.4 Å². The first-order chi connectivity index (χ1) is 8.47. The van der Waals surface area contributed by atoms with E-state index in [1.54, 1.807) is 6.92 Å². The minimum absolute atomic E-state index is 0.281. The Morgan fingerprint density at radius 1 is 1.37 bits per heavy atom. The summed E-state index contributed by atoms with van der Waals surface area (Å²) in [5.74, 6) is -2.15. The molecule has 2 atom stereocenters. The molecule has 0 saturated heterocycles. The minimum Gasteiger partial charge on any atom is -0.479 e. The Kier molecular flexibility index (Phi) is 5.64. The summed E-state index contributed by atoms with van der Waals surface area (Å²) >= 11 is 0. The third-order valence-corrected chi connectivity index (χ3v) is 3.04. The first-order valence-electron chi connectivity index (χ1n) is 5.82. The molecule has 0 aromatic rings. The molecule has 0 aliphatic heterocycles. The van der Waals surface area contributed by atoms with Gasteiger partial charge in [-0.2, -0.15) is 13.2 Å². The van der Waals surface area contributed by atoms with Gasteiger partial charge in [0.15, 0.2) is 0 Å². The van der Waals surface area contributed by atoms with E-state index in [1.165, 1.54) is 12.4 Å². The van der Waals surface area contributed by atoms with Crippen LogP contribution in [0.3, 0.4) is 0 Å². The molecule has 0 saturated carbocycles. The Morgan fingerprint density at radius 2 is 1.84 bits per heavy atom. The fraction of sp³-hybridized carbons (Fsp3) is 0.818. The number of amides is 2. The highest BCUT2D eigenvalue weighted by molar-refractivity contribution is 5.86. The Bertz CT molecular complexity index is 347. The van der Waals surface area contributed by atoms with Crippen LogP contribution in [0.4, 0.5) is 18.0 Å². The van der Waals surface area contributed by atoms with E-state index in [-0.39, 0.29) is 6.04 Å². The van der Waals surface area contributed by atoms with Gasteiger partial charge < -0.3 is 15.3 Å². The Morgan fingerprint density at radius 3 is 2.16 bits per heavy atom. The highest BCUT2D eigenvalue weighted by Crippen LogP contribution is 2.30. The predicted octanol–water partition coefficient (Wildman–Crippen LogP) is 2.22. The fourth-order valence-electron chi connectivity index (χ4n) is 1.36. The van der Waals surface area contributed by atoms with Gasteiger partial charge in [-0.05, 0) is 20.3 Å². The van der Waals surface area contributed by atoms with Gasteiger partial charge in [0, 0.05) is 13.1 Å². The SMILES string of the molecule is CCCC(C)N(C)C(=O)NC(C)(C(=O)O)C(F)(F)F. The summed E-state index contributed by atoms with van der Waals surface area (Å²) in [7, 11) is 1.33. The molecule has 0 aliphatic rings. The lowest BCUT2D eigenvalue weighted by atomic mass is 10.0. The summed E-state index contributed by atoms with van der Waals surface area (Å²) in [4.78, 5) is 23.5. The van der Waals surface area contributed by atoms with Crippen LogP contribution >= 0.6 is 0 Å². The van der Waals surface area contributed by atoms with E-state index in [9.17, 15) is 22.8 Å². The second-order valence-electron chi connectivity index (χ2n) is 4.61. The quantitative estimate of drug-likeness (QED) is 0.813. The highest BCUT2D eigenvalue weighted by Gasteiger charge is 2.58. The Hall–Kier alpha value is -1.47. The molecule has 0 fully saturated rings. The molecule has 0 spiro atoms. The zero-order chi connectivity index (χ0) is 15.4. The van der Waals surface area contributed by atoms with Gasteiger partial charge in [0.1, 0.15) is 0 Å². The Balaban J connectivity index is 4.99. The summed E-state index contributed by atoms with van der Waals surface area (Å²) in [5.41, 5.74) is -3.30. The molecule has 2 unspecified atom stereocenters. The van der Waals surface area contributed by atoms with E-state index in [0.717, 1.165) is 11.3 Å². The first-order valence-corrected chi connectivity index (χ1v) is 5.82. The van der Waals surface area contributed by atoms with Crippen molar-refractivity contribution in [3.63, 3.8) is 0 Å². The molecule has 0 radical (unpaired) electrons. The molecule has 112 valence electrons. The summed E-state index contributed by atoms with van der Waals surface area (Å²) in [6.45, 7) is 3.97. The third kappa shape index (κ3) is 4.00. The summed E-state index contributed by atoms with van der Waals surface area (Å²) in [6, 6.07) is -1.35. The van der Waals surface area contributed by atoms with E-state index in [4.69, 9.17) is 5.11 Å². The van der Waals surface area contributed by atoms with Crippen LogP contribution in [0.1, 0.15) is 33.6 Å². The lowest BCUT2D eigenvalue weighted by Crippen LogP contribution is -2.64. The molecule has 0 aliphatic carbocycles. The second-order valence-corrected chi connectivity index (χ2v) is 4.61. The standard InChI is InChI=1S/C11H19F3N2O3/c1-5-6-7(2)16(4)9(19)15-10(3,8(17)18)11(12,13)14/h7H,5-6H2,1-4H3,(H,15,19)(H,17,18). The van der Waals surface area contributed by atoms with Gasteiger partial charge in [-0.25, -0.2) is 9.59 Å². The maximum Gasteiger partial charge on any atom is 0.422 e. The van der Waals surface area contributed by atoms with Crippen LogP contribution < -0.4 is 5.32 Å². The van der Waals surface area contributed by atoms with E-state index in [1.807, 2.05) is 6.92 Å². The van der Waals surface area contributed by atoms with Crippen LogP contribution in [0, 0.1) is 0 Å². The largest absolute Gasteiger partial charge is 0.479 e. The van der Waals surface area contributed by atoms with E-state index < -0.39 is 23.7 Å². The first kappa shape index (κ1) is 17.5. The summed E-state index contributed by atoms with van der Waals surface area (Å²) < 4.78 is 38.1. The van der Waals surface area contributed by atoms with Crippen molar-refractivity contribution >= 4 is 12.0 Å². The lowest BCUT2D eigenvalue weighted by Gasteiger charge is -2.32. The highest BCUT2D eigenvalue weighted by atomic mass is 19.4. The molecular formula is C11H19F3N2O3. The van der Waals surface area contributed by atoms with Gasteiger partial charge >= 0.3 is 18.2 Å². The number of halogens is 3. The van der Waals surface area contributed by atoms with Crippen LogP contribution in [-0.4, -0.2) is 46.8 Å². The number of rotatable bonds is 5. The van der Waals surface area contributed by atoms with Crippen molar-refractivity contribution in [3.05, 3.63) is 0 Å². The molecule has 8 heteroatoms. The number of carbonyl (C=O) groups excluding carboxylic acids is 1. The van der Waals surface area contributed by atoms with Gasteiger partial charge in [0.05, 0.1) is 0 Å². The number of alkyl halides is 3. The van der Waals surface area contributed by atoms with Crippen LogP contribution in [0.5, 0.6) is 0 Å². The summed E-state index contributed by atoms with van der Waals surface area (Å²) in [5, 5.41) is 10.2. The van der Waals surface area contributed by atoms with Crippen molar-refractivity contribution < 1.29 is 27.9 Å². The van der Waals surface area contributed by atoms with Crippen LogP contribution in [0.2, 0.25) is 0 Å². The van der Waals surface area contributed by atoms with E-state index >= 15 is 0 Å². The van der Waals surface area contributed by atoms with Crippen molar-refractivity contribution in [1.82, 2.24) is 10.2 Å². The molecule has 0 aromatic carbocycles. The van der Waals surface area contributed by atoms with Crippen molar-refractivity contribution in [1.29, 1.82) is 0 Å². The lowest BCUT2D eigenvalue weighted by molar-refractivity contribution is -0.203. The number of nitrogens with zero attached hydrogens (tertiary/aromatic N) is 1. The number of carboxylic acids is 1. The number of hydrogen-bond donors (Lipinski definition) is 2. The normalized spacial score (nSPS) is 16.4. The molecule has 0 bridgehead atoms. The van der Waals surface area contributed by atoms with Gasteiger partial charge in [0.2, 0.25) is 5.54 Å². The number of carbonyl (C=O) groups is 2. The third-order valence-electron chi connectivity index (χ3n) is 3.04. The maximum atomic E-state index is 12.7. The number of nitrogens with one attached hydrogen (secondary N) is 1. The van der Waals surface area contributed by atoms with Gasteiger partial charge in [-0.15, -0.1) is 0 Å². The molecule has 2 amide bonds. The zero-order valence-corrected chi connectivity index (χ0v) is 11.3. The van der Waals surface area contributed by atoms with Crippen LogP contribution in [0.15, 0.2) is 0 Å².